The molecule has 0 aliphatic heterocycles. The van der Waals surface area contributed by atoms with Crippen LogP contribution in [-0.2, 0) is 22.6 Å². The molecule has 0 aliphatic carbocycles. The van der Waals surface area contributed by atoms with Crippen molar-refractivity contribution in [3.63, 3.8) is 0 Å². The number of rotatable bonds is 8. The van der Waals surface area contributed by atoms with Gasteiger partial charge in [-0.3, -0.25) is 14.5 Å². The van der Waals surface area contributed by atoms with Crippen LogP contribution in [0.3, 0.4) is 0 Å². The second-order valence-electron chi connectivity index (χ2n) is 6.58. The predicted molar refractivity (Wildman–Crippen MR) is 100 cm³/mol. The van der Waals surface area contributed by atoms with Crippen molar-refractivity contribution in [2.45, 2.75) is 32.9 Å². The van der Waals surface area contributed by atoms with E-state index in [-0.39, 0.29) is 18.2 Å². The summed E-state index contributed by atoms with van der Waals surface area (Å²) in [4.78, 5) is 26.1. The van der Waals surface area contributed by atoms with Crippen molar-refractivity contribution in [3.05, 3.63) is 71.3 Å². The number of Topliss-reactive ketones (excluding diaryl/α,β-unsaturated/α-hetero) is 1. The number of ketones is 1. The van der Waals surface area contributed by atoms with Crippen molar-refractivity contribution in [1.82, 2.24) is 10.2 Å². The van der Waals surface area contributed by atoms with Gasteiger partial charge in [0.1, 0.15) is 0 Å². The zero-order chi connectivity index (χ0) is 18.2. The molecule has 132 valence electrons. The minimum atomic E-state index is -0.484. The summed E-state index contributed by atoms with van der Waals surface area (Å²) in [5.74, 6) is -0.163. The van der Waals surface area contributed by atoms with Crippen molar-refractivity contribution >= 4 is 11.7 Å². The van der Waals surface area contributed by atoms with Crippen molar-refractivity contribution in [3.8, 4) is 0 Å². The number of likely N-dealkylation sites (N-methyl/N-ethyl adjacent to an activating group) is 1. The van der Waals surface area contributed by atoms with Gasteiger partial charge in [-0.1, -0.05) is 60.2 Å². The quantitative estimate of drug-likeness (QED) is 0.805. The molecule has 2 rings (SSSR count). The van der Waals surface area contributed by atoms with Crippen LogP contribution >= 0.6 is 0 Å². The minimum absolute atomic E-state index is 0.0293. The summed E-state index contributed by atoms with van der Waals surface area (Å²) in [5.41, 5.74) is 3.42. The molecule has 4 nitrogen and oxygen atoms in total. The SMILES string of the molecule is CC(=O)[C@@H](Cc1ccccc1)NC(=O)CN(C)Cc1ccc(C)cc1. The monoisotopic (exact) mass is 338 g/mol. The molecule has 2 aromatic rings. The fraction of sp³-hybridized carbons (Fsp3) is 0.333. The number of benzene rings is 2. The van der Waals surface area contributed by atoms with Crippen LogP contribution in [0, 0.1) is 6.92 Å². The number of nitrogens with zero attached hydrogens (tertiary/aromatic N) is 1. The number of hydrogen-bond donors (Lipinski definition) is 1. The van der Waals surface area contributed by atoms with Gasteiger partial charge in [0.15, 0.2) is 5.78 Å². The summed E-state index contributed by atoms with van der Waals surface area (Å²) >= 11 is 0. The summed E-state index contributed by atoms with van der Waals surface area (Å²) in [5, 5.41) is 2.86. The van der Waals surface area contributed by atoms with Gasteiger partial charge >= 0.3 is 0 Å². The molecular formula is C21H26N2O2. The molecule has 1 atom stereocenters. The van der Waals surface area contributed by atoms with Gasteiger partial charge in [0.05, 0.1) is 12.6 Å². The number of amides is 1. The maximum Gasteiger partial charge on any atom is 0.234 e. The van der Waals surface area contributed by atoms with Crippen LogP contribution in [0.5, 0.6) is 0 Å². The first-order valence-corrected chi connectivity index (χ1v) is 8.52. The van der Waals surface area contributed by atoms with Crippen molar-refractivity contribution in [2.75, 3.05) is 13.6 Å². The van der Waals surface area contributed by atoms with E-state index in [1.54, 1.807) is 0 Å². The summed E-state index contributed by atoms with van der Waals surface area (Å²) in [6.07, 6.45) is 0.517. The fourth-order valence-corrected chi connectivity index (χ4v) is 2.69. The van der Waals surface area contributed by atoms with Crippen LogP contribution in [0.25, 0.3) is 0 Å². The molecule has 0 saturated heterocycles. The smallest absolute Gasteiger partial charge is 0.234 e. The highest BCUT2D eigenvalue weighted by Crippen LogP contribution is 2.07. The third kappa shape index (κ3) is 6.51. The van der Waals surface area contributed by atoms with E-state index in [9.17, 15) is 9.59 Å². The van der Waals surface area contributed by atoms with E-state index in [0.29, 0.717) is 13.0 Å². The van der Waals surface area contributed by atoms with E-state index in [0.717, 1.165) is 11.1 Å². The first kappa shape index (κ1) is 18.9. The van der Waals surface area contributed by atoms with Crippen LogP contribution in [0.2, 0.25) is 0 Å². The summed E-state index contributed by atoms with van der Waals surface area (Å²) in [7, 11) is 1.90. The lowest BCUT2D eigenvalue weighted by Crippen LogP contribution is -2.45. The molecule has 2 aromatic carbocycles. The first-order chi connectivity index (χ1) is 11.9. The zero-order valence-corrected chi connectivity index (χ0v) is 15.2. The summed E-state index contributed by atoms with van der Waals surface area (Å²) in [6.45, 7) is 4.52. The molecule has 0 heterocycles. The normalized spacial score (nSPS) is 12.0. The Bertz CT molecular complexity index is 696. The molecule has 1 amide bonds. The lowest BCUT2D eigenvalue weighted by Gasteiger charge is -2.20. The van der Waals surface area contributed by atoms with Crippen LogP contribution in [0.15, 0.2) is 54.6 Å². The van der Waals surface area contributed by atoms with Gasteiger partial charge in [-0.15, -0.1) is 0 Å². The molecule has 0 fully saturated rings. The average molecular weight is 338 g/mol. The summed E-state index contributed by atoms with van der Waals surface area (Å²) in [6, 6.07) is 17.5. The maximum atomic E-state index is 12.3. The third-order valence-electron chi connectivity index (χ3n) is 4.10. The predicted octanol–water partition coefficient (Wildman–Crippen LogP) is 2.74. The molecule has 25 heavy (non-hydrogen) atoms. The molecule has 4 heteroatoms. The molecule has 0 bridgehead atoms. The molecule has 1 N–H and O–H groups in total. The first-order valence-electron chi connectivity index (χ1n) is 8.52. The molecule has 0 unspecified atom stereocenters. The summed E-state index contributed by atoms with van der Waals surface area (Å²) < 4.78 is 0. The average Bonchev–Trinajstić information content (AvgIpc) is 2.57. The Morgan fingerprint density at radius 3 is 2.24 bits per heavy atom. The van der Waals surface area contributed by atoms with Crippen LogP contribution in [0.4, 0.5) is 0 Å². The lowest BCUT2D eigenvalue weighted by atomic mass is 10.0. The Labute approximate surface area is 149 Å². The molecule has 0 radical (unpaired) electrons. The molecule has 0 aliphatic rings. The van der Waals surface area contributed by atoms with Crippen LogP contribution in [-0.4, -0.2) is 36.2 Å². The van der Waals surface area contributed by atoms with Gasteiger partial charge < -0.3 is 5.32 Å². The largest absolute Gasteiger partial charge is 0.345 e. The van der Waals surface area contributed by atoms with Crippen LogP contribution in [0.1, 0.15) is 23.6 Å². The minimum Gasteiger partial charge on any atom is -0.345 e. The Kier molecular flexibility index (Phi) is 6.90. The number of aryl methyl sites for hydroxylation is 1. The Morgan fingerprint density at radius 1 is 1.00 bits per heavy atom. The number of hydrogen-bond acceptors (Lipinski definition) is 3. The molecule has 0 saturated carbocycles. The highest BCUT2D eigenvalue weighted by molar-refractivity contribution is 5.88. The van der Waals surface area contributed by atoms with E-state index < -0.39 is 6.04 Å². The van der Waals surface area contributed by atoms with Gasteiger partial charge in [-0.2, -0.15) is 0 Å². The van der Waals surface area contributed by atoms with Crippen molar-refractivity contribution < 1.29 is 9.59 Å². The molecule has 0 spiro atoms. The van der Waals surface area contributed by atoms with Gasteiger partial charge in [0, 0.05) is 6.54 Å². The van der Waals surface area contributed by atoms with E-state index in [1.807, 2.05) is 42.3 Å². The fourth-order valence-electron chi connectivity index (χ4n) is 2.69. The molecular weight excluding hydrogens is 312 g/mol. The zero-order valence-electron chi connectivity index (χ0n) is 15.2. The van der Waals surface area contributed by atoms with E-state index in [2.05, 4.69) is 36.5 Å². The van der Waals surface area contributed by atoms with Gasteiger partial charge in [-0.05, 0) is 38.4 Å². The third-order valence-corrected chi connectivity index (χ3v) is 4.10. The number of carbonyl (C=O) groups is 2. The van der Waals surface area contributed by atoms with E-state index in [4.69, 9.17) is 0 Å². The Balaban J connectivity index is 1.87. The van der Waals surface area contributed by atoms with E-state index >= 15 is 0 Å². The van der Waals surface area contributed by atoms with Gasteiger partial charge in [-0.25, -0.2) is 0 Å². The Morgan fingerprint density at radius 2 is 1.64 bits per heavy atom. The second-order valence-corrected chi connectivity index (χ2v) is 6.58. The standard InChI is InChI=1S/C21H26N2O2/c1-16-9-11-19(12-10-16)14-23(3)15-21(25)22-20(17(2)24)13-18-7-5-4-6-8-18/h4-12,20H,13-15H2,1-3H3,(H,22,25)/t20-/m1/s1. The van der Waals surface area contributed by atoms with Crippen molar-refractivity contribution in [1.29, 1.82) is 0 Å². The molecule has 0 aromatic heterocycles. The topological polar surface area (TPSA) is 49.4 Å². The van der Waals surface area contributed by atoms with E-state index in [1.165, 1.54) is 12.5 Å². The van der Waals surface area contributed by atoms with Gasteiger partial charge in [0.25, 0.3) is 0 Å². The Hall–Kier alpha value is -2.46. The van der Waals surface area contributed by atoms with Gasteiger partial charge in [0.2, 0.25) is 5.91 Å². The van der Waals surface area contributed by atoms with Crippen LogP contribution < -0.4 is 5.32 Å². The lowest BCUT2D eigenvalue weighted by molar-refractivity contribution is -0.127. The highest BCUT2D eigenvalue weighted by Gasteiger charge is 2.18. The van der Waals surface area contributed by atoms with Crippen molar-refractivity contribution in [2.24, 2.45) is 0 Å². The maximum absolute atomic E-state index is 12.3. The number of nitrogens with one attached hydrogen (secondary N) is 1. The highest BCUT2D eigenvalue weighted by atomic mass is 16.2. The number of carbonyl (C=O) groups excluding carboxylic acids is 2. The second kappa shape index (κ2) is 9.14.